The van der Waals surface area contributed by atoms with Crippen LogP contribution in [0.25, 0.3) is 10.9 Å². The Balaban J connectivity index is 1.82. The number of benzene rings is 1. The lowest BCUT2D eigenvalue weighted by Gasteiger charge is -2.18. The second-order valence-electron chi connectivity index (χ2n) is 5.28. The lowest BCUT2D eigenvalue weighted by Crippen LogP contribution is -2.39. The van der Waals surface area contributed by atoms with Crippen LogP contribution >= 0.6 is 0 Å². The van der Waals surface area contributed by atoms with E-state index in [9.17, 15) is 4.79 Å². The molecule has 2 aromatic rings. The molecule has 0 saturated heterocycles. The predicted molar refractivity (Wildman–Crippen MR) is 77.7 cm³/mol. The molecule has 1 aromatic heterocycles. The first-order valence-corrected chi connectivity index (χ1v) is 6.72. The number of nitrogens with zero attached hydrogens (tertiary/aromatic N) is 3. The summed E-state index contributed by atoms with van der Waals surface area (Å²) >= 11 is 0. The van der Waals surface area contributed by atoms with Crippen LogP contribution in [0.3, 0.4) is 0 Å². The summed E-state index contributed by atoms with van der Waals surface area (Å²) in [5, 5.41) is 1.05. The highest BCUT2D eigenvalue weighted by molar-refractivity contribution is 6.26. The van der Waals surface area contributed by atoms with E-state index in [1.54, 1.807) is 11.1 Å². The number of hydrogen-bond acceptors (Lipinski definition) is 4. The normalized spacial score (nSPS) is 19.8. The molecule has 2 N–H and O–H groups in total. The molecule has 1 aromatic carbocycles. The van der Waals surface area contributed by atoms with Crippen molar-refractivity contribution < 1.29 is 4.79 Å². The molecule has 1 fully saturated rings. The fraction of sp³-hybridized carbons (Fsp3) is 0.267. The Bertz CT molecular complexity index is 748. The zero-order valence-corrected chi connectivity index (χ0v) is 10.9. The van der Waals surface area contributed by atoms with E-state index in [0.717, 1.165) is 29.4 Å². The van der Waals surface area contributed by atoms with Gasteiger partial charge < -0.3 is 5.73 Å². The van der Waals surface area contributed by atoms with Gasteiger partial charge in [0.25, 0.3) is 5.91 Å². The first-order chi connectivity index (χ1) is 9.73. The zero-order valence-electron chi connectivity index (χ0n) is 10.9. The monoisotopic (exact) mass is 266 g/mol. The van der Waals surface area contributed by atoms with Gasteiger partial charge in [-0.25, -0.2) is 0 Å². The highest BCUT2D eigenvalue weighted by Gasteiger charge is 2.57. The van der Waals surface area contributed by atoms with Gasteiger partial charge in [0.2, 0.25) is 0 Å². The number of rotatable bonds is 2. The molecule has 20 heavy (non-hydrogen) atoms. The van der Waals surface area contributed by atoms with Gasteiger partial charge in [-0.3, -0.25) is 19.7 Å². The van der Waals surface area contributed by atoms with Gasteiger partial charge in [-0.15, -0.1) is 0 Å². The van der Waals surface area contributed by atoms with E-state index in [0.29, 0.717) is 5.84 Å². The summed E-state index contributed by atoms with van der Waals surface area (Å²) in [6.45, 7) is 0.272. The van der Waals surface area contributed by atoms with Crippen molar-refractivity contribution in [1.29, 1.82) is 0 Å². The van der Waals surface area contributed by atoms with Crippen molar-refractivity contribution in [1.82, 2.24) is 4.98 Å². The summed E-state index contributed by atoms with van der Waals surface area (Å²) in [6.07, 6.45) is 3.41. The molecule has 5 nitrogen and oxygen atoms in total. The van der Waals surface area contributed by atoms with Crippen LogP contribution in [-0.4, -0.2) is 28.8 Å². The lowest BCUT2D eigenvalue weighted by atomic mass is 10.1. The maximum absolute atomic E-state index is 12.5. The summed E-state index contributed by atoms with van der Waals surface area (Å²) in [7, 11) is 0. The number of aromatic nitrogens is 1. The summed E-state index contributed by atoms with van der Waals surface area (Å²) in [4.78, 5) is 23.0. The van der Waals surface area contributed by atoms with E-state index in [-0.39, 0.29) is 12.5 Å². The van der Waals surface area contributed by atoms with E-state index >= 15 is 0 Å². The molecule has 5 heteroatoms. The van der Waals surface area contributed by atoms with Gasteiger partial charge in [-0.1, -0.05) is 12.1 Å². The van der Waals surface area contributed by atoms with E-state index in [2.05, 4.69) is 9.98 Å². The van der Waals surface area contributed by atoms with E-state index in [1.165, 1.54) is 0 Å². The second kappa shape index (κ2) is 3.86. The third-order valence-electron chi connectivity index (χ3n) is 3.96. The van der Waals surface area contributed by atoms with Crippen LogP contribution in [0, 0.1) is 0 Å². The van der Waals surface area contributed by atoms with Crippen molar-refractivity contribution in [2.24, 2.45) is 10.7 Å². The Morgan fingerprint density at radius 3 is 2.90 bits per heavy atom. The number of nitrogens with two attached hydrogens (primary N) is 1. The zero-order chi connectivity index (χ0) is 13.7. The van der Waals surface area contributed by atoms with E-state index < -0.39 is 5.54 Å². The van der Waals surface area contributed by atoms with Gasteiger partial charge in [-0.05, 0) is 31.0 Å². The van der Waals surface area contributed by atoms with Gasteiger partial charge in [0.15, 0.2) is 0 Å². The van der Waals surface area contributed by atoms with E-state index in [1.807, 2.05) is 30.3 Å². The molecular formula is C15H14N4O. The molecule has 1 amide bonds. The number of aliphatic imine (C=N–C) groups is 1. The molecule has 0 unspecified atom stereocenters. The van der Waals surface area contributed by atoms with E-state index in [4.69, 9.17) is 5.73 Å². The quantitative estimate of drug-likeness (QED) is 0.894. The van der Waals surface area contributed by atoms with Crippen LogP contribution in [0.5, 0.6) is 0 Å². The fourth-order valence-electron chi connectivity index (χ4n) is 2.71. The topological polar surface area (TPSA) is 71.6 Å². The highest BCUT2D eigenvalue weighted by Crippen LogP contribution is 2.46. The highest BCUT2D eigenvalue weighted by atomic mass is 16.2. The molecule has 0 radical (unpaired) electrons. The number of carbonyl (C=O) groups is 1. The smallest absolute Gasteiger partial charge is 0.260 e. The summed E-state index contributed by atoms with van der Waals surface area (Å²) in [5.41, 5.74) is 6.91. The average Bonchev–Trinajstić information content (AvgIpc) is 3.21. The Labute approximate surface area is 116 Å². The first-order valence-electron chi connectivity index (χ1n) is 6.72. The number of amidine groups is 1. The SMILES string of the molecule is NCC1=NC2(CC2)C(=O)N1c1ccc2cccnc2c1. The van der Waals surface area contributed by atoms with Crippen molar-refractivity contribution in [3.63, 3.8) is 0 Å². The number of amides is 1. The average molecular weight is 266 g/mol. The third kappa shape index (κ3) is 1.50. The Kier molecular flexibility index (Phi) is 2.23. The molecule has 2 aliphatic rings. The molecule has 1 aliphatic heterocycles. The maximum atomic E-state index is 12.5. The lowest BCUT2D eigenvalue weighted by molar-refractivity contribution is -0.119. The number of carbonyl (C=O) groups excluding carboxylic acids is 1. The standard InChI is InChI=1S/C15H14N4O/c16-9-13-18-15(5-6-15)14(20)19(13)11-4-3-10-2-1-7-17-12(10)8-11/h1-4,7-8H,5-6,9,16H2. The van der Waals surface area contributed by atoms with Crippen molar-refractivity contribution in [3.05, 3.63) is 36.5 Å². The van der Waals surface area contributed by atoms with Gasteiger partial charge in [-0.2, -0.15) is 0 Å². The van der Waals surface area contributed by atoms with Crippen LogP contribution in [-0.2, 0) is 4.79 Å². The minimum atomic E-state index is -0.506. The minimum Gasteiger partial charge on any atom is -0.324 e. The van der Waals surface area contributed by atoms with Gasteiger partial charge in [0, 0.05) is 11.6 Å². The molecule has 0 bridgehead atoms. The molecule has 2 heterocycles. The fourth-order valence-corrected chi connectivity index (χ4v) is 2.71. The van der Waals surface area contributed by atoms with Gasteiger partial charge in [0.05, 0.1) is 17.7 Å². The third-order valence-corrected chi connectivity index (χ3v) is 3.96. The first kappa shape index (κ1) is 11.5. The Morgan fingerprint density at radius 1 is 1.30 bits per heavy atom. The van der Waals surface area contributed by atoms with Crippen molar-refractivity contribution in [3.8, 4) is 0 Å². The molecule has 100 valence electrons. The van der Waals surface area contributed by atoms with Gasteiger partial charge >= 0.3 is 0 Å². The molecule has 4 rings (SSSR count). The number of fused-ring (bicyclic) bond motifs is 1. The molecular weight excluding hydrogens is 252 g/mol. The molecule has 1 spiro atoms. The van der Waals surface area contributed by atoms with Crippen LogP contribution in [0.4, 0.5) is 5.69 Å². The summed E-state index contributed by atoms with van der Waals surface area (Å²) in [5.74, 6) is 0.705. The summed E-state index contributed by atoms with van der Waals surface area (Å²) < 4.78 is 0. The summed E-state index contributed by atoms with van der Waals surface area (Å²) in [6, 6.07) is 9.71. The van der Waals surface area contributed by atoms with Crippen LogP contribution in [0.1, 0.15) is 12.8 Å². The molecule has 1 saturated carbocycles. The predicted octanol–water partition coefficient (Wildman–Crippen LogP) is 1.47. The Morgan fingerprint density at radius 2 is 2.15 bits per heavy atom. The molecule has 1 aliphatic carbocycles. The maximum Gasteiger partial charge on any atom is 0.260 e. The van der Waals surface area contributed by atoms with Crippen LogP contribution < -0.4 is 10.6 Å². The number of hydrogen-bond donors (Lipinski definition) is 1. The van der Waals surface area contributed by atoms with Crippen LogP contribution in [0.2, 0.25) is 0 Å². The second-order valence-corrected chi connectivity index (χ2v) is 5.28. The number of anilines is 1. The van der Waals surface area contributed by atoms with Gasteiger partial charge in [0.1, 0.15) is 11.4 Å². The van der Waals surface area contributed by atoms with Crippen molar-refractivity contribution in [2.45, 2.75) is 18.4 Å². The van der Waals surface area contributed by atoms with Crippen LogP contribution in [0.15, 0.2) is 41.5 Å². The molecule has 0 atom stereocenters. The Hall–Kier alpha value is -2.27. The minimum absolute atomic E-state index is 0.0493. The largest absolute Gasteiger partial charge is 0.324 e. The number of pyridine rings is 1. The van der Waals surface area contributed by atoms with Crippen molar-refractivity contribution in [2.75, 3.05) is 11.4 Å². The van der Waals surface area contributed by atoms with Crippen molar-refractivity contribution >= 4 is 28.3 Å².